The molecule has 94 valence electrons. The highest BCUT2D eigenvalue weighted by Gasteiger charge is 2.08. The zero-order chi connectivity index (χ0) is 13.0. The molecule has 1 aromatic rings. The summed E-state index contributed by atoms with van der Waals surface area (Å²) >= 11 is 0. The largest absolute Gasteiger partial charge is 0.398 e. The van der Waals surface area contributed by atoms with Gasteiger partial charge in [-0.05, 0) is 46.1 Å². The van der Waals surface area contributed by atoms with Gasteiger partial charge < -0.3 is 16.0 Å². The first-order valence-electron chi connectivity index (χ1n) is 5.72. The Morgan fingerprint density at radius 3 is 2.65 bits per heavy atom. The molecule has 0 spiro atoms. The predicted octanol–water partition coefficient (Wildman–Crippen LogP) is 1.83. The molecule has 0 aromatic heterocycles. The van der Waals surface area contributed by atoms with Crippen molar-refractivity contribution in [1.29, 1.82) is 0 Å². The lowest BCUT2D eigenvalue weighted by Gasteiger charge is -2.20. The number of carbonyl (C=O) groups is 1. The van der Waals surface area contributed by atoms with Gasteiger partial charge in [0, 0.05) is 29.5 Å². The first kappa shape index (κ1) is 13.5. The fraction of sp³-hybridized carbons (Fsp3) is 0.462. The fourth-order valence-corrected chi connectivity index (χ4v) is 1.83. The van der Waals surface area contributed by atoms with Gasteiger partial charge in [-0.15, -0.1) is 0 Å². The lowest BCUT2D eigenvalue weighted by Crippen LogP contribution is -2.29. The van der Waals surface area contributed by atoms with Crippen LogP contribution in [0.3, 0.4) is 0 Å². The average Bonchev–Trinajstić information content (AvgIpc) is 2.19. The minimum atomic E-state index is -0.00795. The summed E-state index contributed by atoms with van der Waals surface area (Å²) in [6.07, 6.45) is 0. The van der Waals surface area contributed by atoms with Crippen LogP contribution in [0.2, 0.25) is 0 Å². The number of hydrogen-bond acceptors (Lipinski definition) is 4. The second kappa shape index (κ2) is 5.68. The zero-order valence-electron chi connectivity index (χ0n) is 10.9. The second-order valence-corrected chi connectivity index (χ2v) is 4.67. The summed E-state index contributed by atoms with van der Waals surface area (Å²) in [4.78, 5) is 13.5. The minimum Gasteiger partial charge on any atom is -0.398 e. The molecule has 1 unspecified atom stereocenters. The number of ketones is 1. The number of nitrogens with zero attached hydrogens (tertiary/aromatic N) is 1. The van der Waals surface area contributed by atoms with Crippen LogP contribution in [0.15, 0.2) is 18.2 Å². The van der Waals surface area contributed by atoms with Gasteiger partial charge in [-0.25, -0.2) is 0 Å². The Morgan fingerprint density at radius 1 is 1.47 bits per heavy atom. The van der Waals surface area contributed by atoms with Crippen molar-refractivity contribution in [3.05, 3.63) is 23.8 Å². The number of likely N-dealkylation sites (N-methyl/N-ethyl adjacent to an activating group) is 1. The molecule has 0 fully saturated rings. The molecule has 0 aliphatic heterocycles. The summed E-state index contributed by atoms with van der Waals surface area (Å²) in [6, 6.07) is 5.78. The van der Waals surface area contributed by atoms with E-state index in [4.69, 9.17) is 5.73 Å². The molecule has 0 amide bonds. The molecule has 0 radical (unpaired) electrons. The molecule has 4 nitrogen and oxygen atoms in total. The second-order valence-electron chi connectivity index (χ2n) is 4.67. The van der Waals surface area contributed by atoms with Crippen LogP contribution in [0, 0.1) is 0 Å². The summed E-state index contributed by atoms with van der Waals surface area (Å²) in [5.74, 6) is -0.00795. The van der Waals surface area contributed by atoms with Crippen molar-refractivity contribution in [3.63, 3.8) is 0 Å². The van der Waals surface area contributed by atoms with Crippen LogP contribution in [0.5, 0.6) is 0 Å². The van der Waals surface area contributed by atoms with Gasteiger partial charge in [-0.3, -0.25) is 4.79 Å². The standard InChI is InChI=1S/C13H21N3O/c1-9(8-16(3)4)15-11-5-6-13(14)12(7-11)10(2)17/h5-7,9,15H,8,14H2,1-4H3. The molecule has 0 aliphatic rings. The minimum absolute atomic E-state index is 0.00795. The van der Waals surface area contributed by atoms with Gasteiger partial charge in [0.1, 0.15) is 0 Å². The van der Waals surface area contributed by atoms with E-state index in [2.05, 4.69) is 17.1 Å². The topological polar surface area (TPSA) is 58.4 Å². The quantitative estimate of drug-likeness (QED) is 0.604. The number of anilines is 2. The van der Waals surface area contributed by atoms with E-state index in [0.29, 0.717) is 17.3 Å². The number of nitrogens with two attached hydrogens (primary N) is 1. The Morgan fingerprint density at radius 2 is 2.12 bits per heavy atom. The monoisotopic (exact) mass is 235 g/mol. The van der Waals surface area contributed by atoms with E-state index in [-0.39, 0.29) is 5.78 Å². The molecule has 17 heavy (non-hydrogen) atoms. The van der Waals surface area contributed by atoms with Gasteiger partial charge in [0.2, 0.25) is 0 Å². The molecule has 0 aliphatic carbocycles. The Labute approximate surface area is 103 Å². The Balaban J connectivity index is 2.79. The Hall–Kier alpha value is -1.55. The number of Topliss-reactive ketones (excluding diaryl/α,β-unsaturated/α-hetero) is 1. The number of carbonyl (C=O) groups excluding carboxylic acids is 1. The third-order valence-electron chi connectivity index (χ3n) is 2.48. The van der Waals surface area contributed by atoms with Gasteiger partial charge in [0.05, 0.1) is 0 Å². The zero-order valence-corrected chi connectivity index (χ0v) is 10.9. The van der Waals surface area contributed by atoms with Crippen LogP contribution in [-0.2, 0) is 0 Å². The highest BCUT2D eigenvalue weighted by molar-refractivity contribution is 6.00. The normalized spacial score (nSPS) is 12.5. The highest BCUT2D eigenvalue weighted by Crippen LogP contribution is 2.19. The van der Waals surface area contributed by atoms with Crippen molar-refractivity contribution >= 4 is 17.2 Å². The van der Waals surface area contributed by atoms with Gasteiger partial charge in [-0.1, -0.05) is 0 Å². The van der Waals surface area contributed by atoms with Crippen molar-refractivity contribution in [2.24, 2.45) is 0 Å². The summed E-state index contributed by atoms with van der Waals surface area (Å²) in [5, 5.41) is 3.35. The van der Waals surface area contributed by atoms with Crippen LogP contribution >= 0.6 is 0 Å². The number of nitrogen functional groups attached to an aromatic ring is 1. The van der Waals surface area contributed by atoms with Gasteiger partial charge in [0.25, 0.3) is 0 Å². The van der Waals surface area contributed by atoms with Crippen molar-refractivity contribution in [3.8, 4) is 0 Å². The highest BCUT2D eigenvalue weighted by atomic mass is 16.1. The summed E-state index contributed by atoms with van der Waals surface area (Å²) in [6.45, 7) is 4.56. The molecule has 0 saturated heterocycles. The molecule has 1 rings (SSSR count). The number of benzene rings is 1. The maximum absolute atomic E-state index is 11.4. The van der Waals surface area contributed by atoms with Gasteiger partial charge in [-0.2, -0.15) is 0 Å². The fourth-order valence-electron chi connectivity index (χ4n) is 1.83. The average molecular weight is 235 g/mol. The maximum atomic E-state index is 11.4. The first-order chi connectivity index (χ1) is 7.90. The Kier molecular flexibility index (Phi) is 4.52. The van der Waals surface area contributed by atoms with Gasteiger partial charge >= 0.3 is 0 Å². The molecular formula is C13H21N3O. The number of rotatable bonds is 5. The number of nitrogens with one attached hydrogen (secondary N) is 1. The van der Waals surface area contributed by atoms with Crippen LogP contribution in [0.4, 0.5) is 11.4 Å². The lowest BCUT2D eigenvalue weighted by atomic mass is 10.1. The van der Waals surface area contributed by atoms with Crippen LogP contribution in [0.1, 0.15) is 24.2 Å². The van der Waals surface area contributed by atoms with E-state index in [9.17, 15) is 4.79 Å². The molecule has 0 heterocycles. The van der Waals surface area contributed by atoms with E-state index in [0.717, 1.165) is 12.2 Å². The van der Waals surface area contributed by atoms with Gasteiger partial charge in [0.15, 0.2) is 5.78 Å². The predicted molar refractivity (Wildman–Crippen MR) is 72.5 cm³/mol. The van der Waals surface area contributed by atoms with Crippen molar-refractivity contribution in [2.75, 3.05) is 31.7 Å². The van der Waals surface area contributed by atoms with E-state index in [1.807, 2.05) is 26.2 Å². The first-order valence-corrected chi connectivity index (χ1v) is 5.72. The smallest absolute Gasteiger partial charge is 0.161 e. The maximum Gasteiger partial charge on any atom is 0.161 e. The summed E-state index contributed by atoms with van der Waals surface area (Å²) in [7, 11) is 4.06. The third-order valence-corrected chi connectivity index (χ3v) is 2.48. The molecule has 3 N–H and O–H groups in total. The van der Waals surface area contributed by atoms with Crippen molar-refractivity contribution in [1.82, 2.24) is 4.90 Å². The van der Waals surface area contributed by atoms with Crippen LogP contribution in [-0.4, -0.2) is 37.4 Å². The van der Waals surface area contributed by atoms with Crippen LogP contribution < -0.4 is 11.1 Å². The molecule has 0 saturated carbocycles. The van der Waals surface area contributed by atoms with Crippen LogP contribution in [0.25, 0.3) is 0 Å². The van der Waals surface area contributed by atoms with E-state index < -0.39 is 0 Å². The van der Waals surface area contributed by atoms with Crippen molar-refractivity contribution < 1.29 is 4.79 Å². The van der Waals surface area contributed by atoms with E-state index >= 15 is 0 Å². The third kappa shape index (κ3) is 4.07. The molecule has 4 heteroatoms. The molecule has 0 bridgehead atoms. The van der Waals surface area contributed by atoms with E-state index in [1.54, 1.807) is 6.07 Å². The summed E-state index contributed by atoms with van der Waals surface area (Å²) < 4.78 is 0. The molecular weight excluding hydrogens is 214 g/mol. The molecule has 1 atom stereocenters. The SMILES string of the molecule is CC(=O)c1cc(NC(C)CN(C)C)ccc1N. The lowest BCUT2D eigenvalue weighted by molar-refractivity contribution is 0.101. The summed E-state index contributed by atoms with van der Waals surface area (Å²) in [5.41, 5.74) is 7.78. The molecule has 1 aromatic carbocycles. The van der Waals surface area contributed by atoms with Crippen molar-refractivity contribution in [2.45, 2.75) is 19.9 Å². The Bertz CT molecular complexity index is 402. The van der Waals surface area contributed by atoms with E-state index in [1.165, 1.54) is 6.92 Å². The number of hydrogen-bond donors (Lipinski definition) is 2.